The number of fused-ring (bicyclic) bond motifs is 1. The van der Waals surface area contributed by atoms with E-state index in [4.69, 9.17) is 4.74 Å². The average Bonchev–Trinajstić information content (AvgIpc) is 3.19. The molecular formula is C27H29N5O3. The zero-order chi connectivity index (χ0) is 24.2. The maximum absolute atomic E-state index is 13.3. The number of amides is 1. The summed E-state index contributed by atoms with van der Waals surface area (Å²) in [7, 11) is 1.64. The number of methoxy groups -OCH3 is 1. The molecule has 3 heterocycles. The molecule has 5 rings (SSSR count). The lowest BCUT2D eigenvalue weighted by Crippen LogP contribution is -2.41. The van der Waals surface area contributed by atoms with Crippen LogP contribution in [0.4, 0.5) is 11.4 Å². The Kier molecular flexibility index (Phi) is 6.63. The van der Waals surface area contributed by atoms with E-state index in [1.807, 2.05) is 70.1 Å². The Balaban J connectivity index is 1.27. The number of imidazole rings is 1. The van der Waals surface area contributed by atoms with Crippen LogP contribution in [0.3, 0.4) is 0 Å². The van der Waals surface area contributed by atoms with E-state index >= 15 is 0 Å². The van der Waals surface area contributed by atoms with Gasteiger partial charge in [-0.1, -0.05) is 12.1 Å². The third-order valence-corrected chi connectivity index (χ3v) is 6.61. The standard InChI is InChI=1S/C27H29N5O3/c1-35-19-18-31-24-4-2-3-5-25(24)32(27(31)34)23-12-16-30(17-13-23)26(33)20-6-8-21(9-7-20)29-22-10-14-28-15-11-22/h2-11,14-15,23H,12-13,16-19H2,1H3,(H,28,29). The molecule has 0 spiro atoms. The smallest absolute Gasteiger partial charge is 0.329 e. The van der Waals surface area contributed by atoms with E-state index in [1.165, 1.54) is 0 Å². The molecule has 0 saturated carbocycles. The van der Waals surface area contributed by atoms with E-state index in [0.717, 1.165) is 35.2 Å². The highest BCUT2D eigenvalue weighted by Gasteiger charge is 2.27. The second-order valence-electron chi connectivity index (χ2n) is 8.75. The number of carbonyl (C=O) groups is 1. The number of hydrogen-bond acceptors (Lipinski definition) is 5. The number of anilines is 2. The molecule has 1 saturated heterocycles. The zero-order valence-corrected chi connectivity index (χ0v) is 19.8. The molecule has 0 aliphatic carbocycles. The predicted octanol–water partition coefficient (Wildman–Crippen LogP) is 4.07. The summed E-state index contributed by atoms with van der Waals surface area (Å²) in [5.41, 5.74) is 4.38. The summed E-state index contributed by atoms with van der Waals surface area (Å²) in [5.74, 6) is 0.0220. The van der Waals surface area contributed by atoms with E-state index < -0.39 is 0 Å². The molecule has 180 valence electrons. The van der Waals surface area contributed by atoms with Crippen molar-refractivity contribution < 1.29 is 9.53 Å². The quantitative estimate of drug-likeness (QED) is 0.440. The number of carbonyl (C=O) groups excluding carboxylic acids is 1. The van der Waals surface area contributed by atoms with E-state index in [1.54, 1.807) is 24.1 Å². The molecule has 0 bridgehead atoms. The van der Waals surface area contributed by atoms with Crippen LogP contribution in [0, 0.1) is 0 Å². The molecule has 1 fully saturated rings. The van der Waals surface area contributed by atoms with Gasteiger partial charge in [-0.3, -0.25) is 18.9 Å². The van der Waals surface area contributed by atoms with Crippen molar-refractivity contribution in [3.8, 4) is 0 Å². The summed E-state index contributed by atoms with van der Waals surface area (Å²) in [6.45, 7) is 2.24. The van der Waals surface area contributed by atoms with Gasteiger partial charge in [-0.05, 0) is 61.4 Å². The SMILES string of the molecule is COCCn1c(=O)n(C2CCN(C(=O)c3ccc(Nc4ccncc4)cc3)CC2)c2ccccc21. The van der Waals surface area contributed by atoms with Crippen molar-refractivity contribution in [2.75, 3.05) is 32.1 Å². The maximum Gasteiger partial charge on any atom is 0.329 e. The third-order valence-electron chi connectivity index (χ3n) is 6.61. The summed E-state index contributed by atoms with van der Waals surface area (Å²) in [4.78, 5) is 32.3. The van der Waals surface area contributed by atoms with Crippen LogP contribution in [0.1, 0.15) is 29.2 Å². The number of piperidine rings is 1. The van der Waals surface area contributed by atoms with Gasteiger partial charge in [-0.15, -0.1) is 0 Å². The van der Waals surface area contributed by atoms with E-state index in [9.17, 15) is 9.59 Å². The number of nitrogens with one attached hydrogen (secondary N) is 1. The van der Waals surface area contributed by atoms with Crippen LogP contribution in [0.5, 0.6) is 0 Å². The van der Waals surface area contributed by atoms with E-state index in [2.05, 4.69) is 10.3 Å². The first-order valence-corrected chi connectivity index (χ1v) is 11.9. The minimum absolute atomic E-state index is 0.00897. The molecule has 1 N–H and O–H groups in total. The first-order chi connectivity index (χ1) is 17.2. The highest BCUT2D eigenvalue weighted by molar-refractivity contribution is 5.94. The number of nitrogens with zero attached hydrogens (tertiary/aromatic N) is 4. The predicted molar refractivity (Wildman–Crippen MR) is 136 cm³/mol. The van der Waals surface area contributed by atoms with Gasteiger partial charge in [-0.25, -0.2) is 4.79 Å². The van der Waals surface area contributed by atoms with Crippen molar-refractivity contribution in [1.82, 2.24) is 19.0 Å². The van der Waals surface area contributed by atoms with Crippen LogP contribution in [0.2, 0.25) is 0 Å². The molecular weight excluding hydrogens is 442 g/mol. The van der Waals surface area contributed by atoms with Gasteiger partial charge in [0, 0.05) is 55.6 Å². The third kappa shape index (κ3) is 4.70. The topological polar surface area (TPSA) is 81.4 Å². The van der Waals surface area contributed by atoms with Crippen LogP contribution in [0.15, 0.2) is 77.9 Å². The van der Waals surface area contributed by atoms with Crippen molar-refractivity contribution in [3.05, 3.63) is 89.1 Å². The molecule has 35 heavy (non-hydrogen) atoms. The minimum Gasteiger partial charge on any atom is -0.383 e. The number of benzene rings is 2. The van der Waals surface area contributed by atoms with E-state index in [0.29, 0.717) is 31.8 Å². The Labute approximate surface area is 203 Å². The van der Waals surface area contributed by atoms with Crippen molar-refractivity contribution in [2.24, 2.45) is 0 Å². The van der Waals surface area contributed by atoms with Gasteiger partial charge in [0.1, 0.15) is 0 Å². The first-order valence-electron chi connectivity index (χ1n) is 11.9. The van der Waals surface area contributed by atoms with Gasteiger partial charge in [0.25, 0.3) is 5.91 Å². The lowest BCUT2D eigenvalue weighted by Gasteiger charge is -2.32. The lowest BCUT2D eigenvalue weighted by molar-refractivity contribution is 0.0694. The van der Waals surface area contributed by atoms with Crippen LogP contribution in [-0.2, 0) is 11.3 Å². The summed E-state index contributed by atoms with van der Waals surface area (Å²) >= 11 is 0. The summed E-state index contributed by atoms with van der Waals surface area (Å²) in [5, 5.41) is 3.30. The van der Waals surface area contributed by atoms with Crippen LogP contribution in [0.25, 0.3) is 11.0 Å². The summed E-state index contributed by atoms with van der Waals surface area (Å²) < 4.78 is 8.90. The van der Waals surface area contributed by atoms with Crippen molar-refractivity contribution in [1.29, 1.82) is 0 Å². The van der Waals surface area contributed by atoms with Crippen LogP contribution < -0.4 is 11.0 Å². The normalized spacial score (nSPS) is 14.4. The Hall–Kier alpha value is -3.91. The molecule has 2 aromatic heterocycles. The molecule has 2 aromatic carbocycles. The monoisotopic (exact) mass is 471 g/mol. The van der Waals surface area contributed by atoms with Crippen LogP contribution >= 0.6 is 0 Å². The fourth-order valence-corrected chi connectivity index (χ4v) is 4.79. The highest BCUT2D eigenvalue weighted by atomic mass is 16.5. The molecule has 8 nitrogen and oxygen atoms in total. The maximum atomic E-state index is 13.3. The molecule has 8 heteroatoms. The fourth-order valence-electron chi connectivity index (χ4n) is 4.79. The zero-order valence-electron chi connectivity index (χ0n) is 19.8. The Morgan fingerprint density at radius 2 is 1.63 bits per heavy atom. The largest absolute Gasteiger partial charge is 0.383 e. The Bertz CT molecular complexity index is 1350. The van der Waals surface area contributed by atoms with Gasteiger partial charge in [0.2, 0.25) is 0 Å². The molecule has 0 radical (unpaired) electrons. The fraction of sp³-hybridized carbons (Fsp3) is 0.296. The van der Waals surface area contributed by atoms with Crippen molar-refractivity contribution in [3.63, 3.8) is 0 Å². The van der Waals surface area contributed by atoms with Gasteiger partial charge in [-0.2, -0.15) is 0 Å². The van der Waals surface area contributed by atoms with Gasteiger partial charge >= 0.3 is 5.69 Å². The Morgan fingerprint density at radius 1 is 0.971 bits per heavy atom. The molecule has 0 unspecified atom stereocenters. The average molecular weight is 472 g/mol. The number of rotatable bonds is 7. The first kappa shape index (κ1) is 22.9. The number of likely N-dealkylation sites (tertiary alicyclic amines) is 1. The number of para-hydroxylation sites is 2. The van der Waals surface area contributed by atoms with Gasteiger partial charge in [0.15, 0.2) is 0 Å². The highest BCUT2D eigenvalue weighted by Crippen LogP contribution is 2.27. The number of aromatic nitrogens is 3. The minimum atomic E-state index is -0.00897. The molecule has 1 aliphatic heterocycles. The molecule has 1 aliphatic rings. The van der Waals surface area contributed by atoms with E-state index in [-0.39, 0.29) is 17.6 Å². The second kappa shape index (κ2) is 10.1. The lowest BCUT2D eigenvalue weighted by atomic mass is 10.0. The van der Waals surface area contributed by atoms with Crippen LogP contribution in [-0.4, -0.2) is 51.7 Å². The molecule has 0 atom stereocenters. The van der Waals surface area contributed by atoms with Gasteiger partial charge < -0.3 is 15.0 Å². The number of ether oxygens (including phenoxy) is 1. The van der Waals surface area contributed by atoms with Crippen molar-refractivity contribution >= 4 is 28.3 Å². The molecule has 1 amide bonds. The number of hydrogen-bond donors (Lipinski definition) is 1. The molecule has 4 aromatic rings. The summed E-state index contributed by atoms with van der Waals surface area (Å²) in [6.07, 6.45) is 4.95. The Morgan fingerprint density at radius 3 is 2.31 bits per heavy atom. The van der Waals surface area contributed by atoms with Crippen molar-refractivity contribution in [2.45, 2.75) is 25.4 Å². The second-order valence-corrected chi connectivity index (χ2v) is 8.75. The summed E-state index contributed by atoms with van der Waals surface area (Å²) in [6, 6.07) is 19.3. The number of pyridine rings is 1. The van der Waals surface area contributed by atoms with Gasteiger partial charge in [0.05, 0.1) is 24.2 Å².